The van der Waals surface area contributed by atoms with Crippen molar-refractivity contribution >= 4 is 39.6 Å². The first-order chi connectivity index (χ1) is 14.8. The van der Waals surface area contributed by atoms with E-state index in [-0.39, 0.29) is 30.4 Å². The number of halogens is 1. The van der Waals surface area contributed by atoms with Crippen LogP contribution in [0.3, 0.4) is 0 Å². The lowest BCUT2D eigenvalue weighted by Crippen LogP contribution is -2.30. The van der Waals surface area contributed by atoms with Crippen LogP contribution in [0.25, 0.3) is 6.08 Å². The van der Waals surface area contributed by atoms with E-state index in [4.69, 9.17) is 9.47 Å². The van der Waals surface area contributed by atoms with E-state index < -0.39 is 11.0 Å². The second-order valence-corrected chi connectivity index (χ2v) is 7.37. The third-order valence-corrected chi connectivity index (χ3v) is 5.04. The molecular formula is C21H20BrN3O6. The number of nitrogens with one attached hydrogen (secondary N) is 1. The Balaban J connectivity index is 1.83. The molecule has 1 aliphatic heterocycles. The number of amides is 3. The van der Waals surface area contributed by atoms with Gasteiger partial charge in [-0.05, 0) is 71.2 Å². The number of urea groups is 1. The first kappa shape index (κ1) is 22.3. The monoisotopic (exact) mass is 489 g/mol. The molecule has 1 saturated heterocycles. The van der Waals surface area contributed by atoms with Crippen LogP contribution < -0.4 is 14.8 Å². The van der Waals surface area contributed by atoms with Crippen LogP contribution in [0, 0.1) is 10.1 Å². The number of likely N-dealkylation sites (N-methyl/N-ethyl adjacent to an activating group) is 1. The van der Waals surface area contributed by atoms with Gasteiger partial charge in [0.1, 0.15) is 12.3 Å². The van der Waals surface area contributed by atoms with Gasteiger partial charge in [0, 0.05) is 18.7 Å². The van der Waals surface area contributed by atoms with Crippen molar-refractivity contribution in [1.82, 2.24) is 10.2 Å². The quantitative estimate of drug-likeness (QED) is 0.256. The minimum absolute atomic E-state index is 0.00696. The zero-order valence-corrected chi connectivity index (χ0v) is 18.5. The first-order valence-electron chi connectivity index (χ1n) is 9.51. The molecule has 1 aliphatic rings. The predicted octanol–water partition coefficient (Wildman–Crippen LogP) is 4.25. The maximum absolute atomic E-state index is 12.3. The van der Waals surface area contributed by atoms with E-state index in [1.54, 1.807) is 37.3 Å². The van der Waals surface area contributed by atoms with E-state index in [9.17, 15) is 19.7 Å². The van der Waals surface area contributed by atoms with Crippen LogP contribution in [-0.4, -0.2) is 34.9 Å². The number of carbonyl (C=O) groups excluding carboxylic acids is 2. The van der Waals surface area contributed by atoms with Crippen molar-refractivity contribution in [3.05, 3.63) is 67.8 Å². The molecule has 0 atom stereocenters. The number of nitro benzene ring substituents is 1. The number of nitro groups is 1. The summed E-state index contributed by atoms with van der Waals surface area (Å²) in [5, 5.41) is 13.3. The third kappa shape index (κ3) is 5.02. The highest BCUT2D eigenvalue weighted by Gasteiger charge is 2.32. The average molecular weight is 490 g/mol. The number of hydrogen-bond acceptors (Lipinski definition) is 6. The normalized spacial score (nSPS) is 14.7. The molecule has 0 aliphatic carbocycles. The number of benzene rings is 2. The van der Waals surface area contributed by atoms with Crippen LogP contribution in [0.1, 0.15) is 25.0 Å². The van der Waals surface area contributed by atoms with E-state index in [1.165, 1.54) is 12.1 Å². The number of imide groups is 1. The molecule has 1 fully saturated rings. The number of rotatable bonds is 8. The van der Waals surface area contributed by atoms with E-state index >= 15 is 0 Å². The molecule has 0 bridgehead atoms. The lowest BCUT2D eigenvalue weighted by Gasteiger charge is -2.15. The Morgan fingerprint density at radius 2 is 1.87 bits per heavy atom. The topological polar surface area (TPSA) is 111 Å². The Hall–Kier alpha value is -3.40. The number of hydrogen-bond donors (Lipinski definition) is 1. The number of nitrogens with zero attached hydrogens (tertiary/aromatic N) is 2. The van der Waals surface area contributed by atoms with Crippen LogP contribution >= 0.6 is 15.9 Å². The van der Waals surface area contributed by atoms with Crippen LogP contribution in [0.4, 0.5) is 10.5 Å². The fourth-order valence-electron chi connectivity index (χ4n) is 2.97. The minimum atomic E-state index is -0.459. The predicted molar refractivity (Wildman–Crippen MR) is 117 cm³/mol. The summed E-state index contributed by atoms with van der Waals surface area (Å²) in [4.78, 5) is 35.6. The van der Waals surface area contributed by atoms with Crippen molar-refractivity contribution in [2.24, 2.45) is 0 Å². The van der Waals surface area contributed by atoms with Gasteiger partial charge in [0.15, 0.2) is 11.5 Å². The Morgan fingerprint density at radius 3 is 2.45 bits per heavy atom. The zero-order chi connectivity index (χ0) is 22.5. The van der Waals surface area contributed by atoms with Crippen molar-refractivity contribution in [1.29, 1.82) is 0 Å². The number of ether oxygens (including phenoxy) is 2. The van der Waals surface area contributed by atoms with Gasteiger partial charge < -0.3 is 14.8 Å². The summed E-state index contributed by atoms with van der Waals surface area (Å²) in [5.74, 6) is 0.522. The fraction of sp³-hybridized carbons (Fsp3) is 0.238. The summed E-state index contributed by atoms with van der Waals surface area (Å²) in [6.45, 7) is 4.41. The molecular weight excluding hydrogens is 470 g/mol. The largest absolute Gasteiger partial charge is 0.490 e. The Kier molecular flexibility index (Phi) is 6.91. The van der Waals surface area contributed by atoms with Crippen LogP contribution in [0.15, 0.2) is 46.6 Å². The van der Waals surface area contributed by atoms with E-state index in [0.717, 1.165) is 10.5 Å². The van der Waals surface area contributed by atoms with Gasteiger partial charge in [0.05, 0.1) is 16.0 Å². The second-order valence-electron chi connectivity index (χ2n) is 6.51. The molecule has 2 aromatic carbocycles. The molecule has 0 aromatic heterocycles. The molecule has 10 heteroatoms. The summed E-state index contributed by atoms with van der Waals surface area (Å²) >= 11 is 3.47. The van der Waals surface area contributed by atoms with Gasteiger partial charge in [-0.3, -0.25) is 19.8 Å². The maximum atomic E-state index is 12.3. The molecule has 1 heterocycles. The SMILES string of the molecule is CCOc1cc(/C=C2/NC(=O)N(CC)C2=O)cc(Br)c1OCc1ccc([N+](=O)[O-])cc1. The molecule has 9 nitrogen and oxygen atoms in total. The van der Waals surface area contributed by atoms with Gasteiger partial charge in [0.25, 0.3) is 11.6 Å². The molecule has 3 amide bonds. The van der Waals surface area contributed by atoms with Crippen LogP contribution in [-0.2, 0) is 11.4 Å². The zero-order valence-electron chi connectivity index (χ0n) is 16.9. The molecule has 31 heavy (non-hydrogen) atoms. The Bertz CT molecular complexity index is 1050. The van der Waals surface area contributed by atoms with Crippen molar-refractivity contribution in [2.45, 2.75) is 20.5 Å². The maximum Gasteiger partial charge on any atom is 0.328 e. The van der Waals surface area contributed by atoms with Gasteiger partial charge in [-0.25, -0.2) is 4.79 Å². The lowest BCUT2D eigenvalue weighted by molar-refractivity contribution is -0.384. The van der Waals surface area contributed by atoms with Gasteiger partial charge in [-0.15, -0.1) is 0 Å². The van der Waals surface area contributed by atoms with Gasteiger partial charge in [-0.2, -0.15) is 0 Å². The molecule has 0 saturated carbocycles. The highest BCUT2D eigenvalue weighted by molar-refractivity contribution is 9.10. The third-order valence-electron chi connectivity index (χ3n) is 4.45. The molecule has 3 rings (SSSR count). The van der Waals surface area contributed by atoms with E-state index in [1.807, 2.05) is 6.92 Å². The first-order valence-corrected chi connectivity index (χ1v) is 10.3. The molecule has 0 spiro atoms. The molecule has 162 valence electrons. The smallest absolute Gasteiger partial charge is 0.328 e. The van der Waals surface area contributed by atoms with Crippen molar-refractivity contribution in [3.63, 3.8) is 0 Å². The Morgan fingerprint density at radius 1 is 1.16 bits per heavy atom. The standard InChI is InChI=1S/C21H20BrN3O6/c1-3-24-20(26)17(23-21(24)27)10-14-9-16(22)19(18(11-14)30-4-2)31-12-13-5-7-15(8-6-13)25(28)29/h5-11H,3-4,12H2,1-2H3,(H,23,27)/b17-10+. The summed E-state index contributed by atoms with van der Waals surface area (Å²) in [5.41, 5.74) is 1.58. The molecule has 2 aromatic rings. The van der Waals surface area contributed by atoms with Crippen molar-refractivity contribution in [3.8, 4) is 11.5 Å². The number of carbonyl (C=O) groups is 2. The van der Waals surface area contributed by atoms with E-state index in [2.05, 4.69) is 21.2 Å². The summed E-state index contributed by atoms with van der Waals surface area (Å²) < 4.78 is 12.2. The van der Waals surface area contributed by atoms with E-state index in [0.29, 0.717) is 28.1 Å². The summed E-state index contributed by atoms with van der Waals surface area (Å²) in [6, 6.07) is 9.08. The van der Waals surface area contributed by atoms with Gasteiger partial charge >= 0.3 is 6.03 Å². The van der Waals surface area contributed by atoms with Crippen LogP contribution in [0.5, 0.6) is 11.5 Å². The highest BCUT2D eigenvalue weighted by Crippen LogP contribution is 2.38. The molecule has 0 radical (unpaired) electrons. The molecule has 0 unspecified atom stereocenters. The van der Waals surface area contributed by atoms with Gasteiger partial charge in [-0.1, -0.05) is 0 Å². The van der Waals surface area contributed by atoms with Crippen molar-refractivity contribution < 1.29 is 24.0 Å². The second kappa shape index (κ2) is 9.61. The van der Waals surface area contributed by atoms with Gasteiger partial charge in [0.2, 0.25) is 0 Å². The molecule has 1 N–H and O–H groups in total. The minimum Gasteiger partial charge on any atom is -0.490 e. The highest BCUT2D eigenvalue weighted by atomic mass is 79.9. The average Bonchev–Trinajstić information content (AvgIpc) is 3.00. The number of non-ortho nitro benzene ring substituents is 1. The van der Waals surface area contributed by atoms with Crippen LogP contribution in [0.2, 0.25) is 0 Å². The summed E-state index contributed by atoms with van der Waals surface area (Å²) in [6.07, 6.45) is 1.57. The fourth-order valence-corrected chi connectivity index (χ4v) is 3.54. The van der Waals surface area contributed by atoms with Crippen molar-refractivity contribution in [2.75, 3.05) is 13.2 Å². The summed E-state index contributed by atoms with van der Waals surface area (Å²) in [7, 11) is 0. The Labute approximate surface area is 186 Å². The lowest BCUT2D eigenvalue weighted by atomic mass is 10.1.